The highest BCUT2D eigenvalue weighted by atomic mass is 32.2. The number of rotatable bonds is 4. The maximum Gasteiger partial charge on any atom is 0.237 e. The van der Waals surface area contributed by atoms with Gasteiger partial charge in [0, 0.05) is 20.1 Å². The molecule has 18 heavy (non-hydrogen) atoms. The van der Waals surface area contributed by atoms with Crippen molar-refractivity contribution in [3.63, 3.8) is 0 Å². The van der Waals surface area contributed by atoms with E-state index in [4.69, 9.17) is 5.73 Å². The summed E-state index contributed by atoms with van der Waals surface area (Å²) in [7, 11) is -2.02. The average Bonchev–Trinajstić information content (AvgIpc) is 2.27. The molecule has 2 N–H and O–H groups in total. The second-order valence-corrected chi connectivity index (χ2v) is 6.69. The van der Waals surface area contributed by atoms with Crippen LogP contribution in [0.3, 0.4) is 0 Å². The number of carbonyl (C=O) groups is 2. The molecule has 0 bridgehead atoms. The molecule has 0 unspecified atom stereocenters. The van der Waals surface area contributed by atoms with Crippen LogP contribution < -0.4 is 5.73 Å². The molecule has 0 aliphatic carbocycles. The van der Waals surface area contributed by atoms with E-state index in [1.165, 1.54) is 11.9 Å². The molecule has 0 aromatic carbocycles. The van der Waals surface area contributed by atoms with Crippen LogP contribution in [0, 0.1) is 5.92 Å². The highest BCUT2D eigenvalue weighted by Gasteiger charge is 2.28. The van der Waals surface area contributed by atoms with Gasteiger partial charge in [-0.25, -0.2) is 8.42 Å². The molecule has 0 radical (unpaired) electrons. The summed E-state index contributed by atoms with van der Waals surface area (Å²) in [6.07, 6.45) is 2.44. The van der Waals surface area contributed by atoms with Crippen molar-refractivity contribution >= 4 is 21.8 Å². The monoisotopic (exact) mass is 277 g/mol. The molecule has 7 nitrogen and oxygen atoms in total. The first kappa shape index (κ1) is 14.9. The van der Waals surface area contributed by atoms with E-state index in [-0.39, 0.29) is 24.9 Å². The van der Waals surface area contributed by atoms with E-state index < -0.39 is 15.9 Å². The Balaban J connectivity index is 2.59. The van der Waals surface area contributed by atoms with E-state index in [1.807, 2.05) is 0 Å². The Hall–Kier alpha value is -1.15. The molecule has 0 aromatic heterocycles. The van der Waals surface area contributed by atoms with Gasteiger partial charge >= 0.3 is 0 Å². The van der Waals surface area contributed by atoms with Crippen molar-refractivity contribution in [2.45, 2.75) is 12.8 Å². The van der Waals surface area contributed by atoms with Crippen molar-refractivity contribution in [1.29, 1.82) is 0 Å². The highest BCUT2D eigenvalue weighted by molar-refractivity contribution is 7.88. The Morgan fingerprint density at radius 2 is 2.06 bits per heavy atom. The van der Waals surface area contributed by atoms with Crippen LogP contribution in [0.4, 0.5) is 0 Å². The number of hydrogen-bond donors (Lipinski definition) is 1. The van der Waals surface area contributed by atoms with Crippen molar-refractivity contribution in [1.82, 2.24) is 9.21 Å². The van der Waals surface area contributed by atoms with Gasteiger partial charge in [-0.05, 0) is 12.8 Å². The van der Waals surface area contributed by atoms with Gasteiger partial charge in [-0.1, -0.05) is 0 Å². The van der Waals surface area contributed by atoms with Gasteiger partial charge in [0.05, 0.1) is 18.7 Å². The van der Waals surface area contributed by atoms with Crippen LogP contribution >= 0.6 is 0 Å². The number of nitrogens with two attached hydrogens (primary N) is 1. The van der Waals surface area contributed by atoms with Crippen molar-refractivity contribution in [3.8, 4) is 0 Å². The summed E-state index contributed by atoms with van der Waals surface area (Å²) in [6.45, 7) is 0.621. The molecule has 0 spiro atoms. The molecule has 1 rings (SSSR count). The summed E-state index contributed by atoms with van der Waals surface area (Å²) >= 11 is 0. The highest BCUT2D eigenvalue weighted by Crippen LogP contribution is 2.16. The Morgan fingerprint density at radius 3 is 2.56 bits per heavy atom. The largest absolute Gasteiger partial charge is 0.369 e. The smallest absolute Gasteiger partial charge is 0.237 e. The molecule has 1 aliphatic rings. The lowest BCUT2D eigenvalue weighted by molar-refractivity contribution is -0.134. The molecule has 0 saturated carbocycles. The minimum atomic E-state index is -3.37. The lowest BCUT2D eigenvalue weighted by Crippen LogP contribution is -2.47. The summed E-state index contributed by atoms with van der Waals surface area (Å²) < 4.78 is 23.4. The fourth-order valence-corrected chi connectivity index (χ4v) is 2.19. The summed E-state index contributed by atoms with van der Waals surface area (Å²) in [5.74, 6) is -1.04. The fraction of sp³-hybridized carbons (Fsp3) is 0.800. The third kappa shape index (κ3) is 3.95. The Morgan fingerprint density at radius 1 is 1.44 bits per heavy atom. The van der Waals surface area contributed by atoms with E-state index in [2.05, 4.69) is 0 Å². The second-order valence-electron chi connectivity index (χ2n) is 4.60. The zero-order valence-corrected chi connectivity index (χ0v) is 11.4. The van der Waals surface area contributed by atoms with Crippen LogP contribution in [-0.2, 0) is 19.6 Å². The van der Waals surface area contributed by atoms with E-state index in [0.29, 0.717) is 19.4 Å². The Bertz CT molecular complexity index is 434. The maximum absolute atomic E-state index is 11.9. The summed E-state index contributed by atoms with van der Waals surface area (Å²) in [5.41, 5.74) is 5.22. The molecule has 104 valence electrons. The van der Waals surface area contributed by atoms with Crippen molar-refractivity contribution in [3.05, 3.63) is 0 Å². The lowest BCUT2D eigenvalue weighted by Gasteiger charge is -2.32. The van der Waals surface area contributed by atoms with Crippen molar-refractivity contribution < 1.29 is 18.0 Å². The molecule has 0 aromatic rings. The first-order valence-electron chi connectivity index (χ1n) is 5.70. The third-order valence-corrected chi connectivity index (χ3v) is 4.36. The zero-order valence-electron chi connectivity index (χ0n) is 10.6. The molecule has 1 fully saturated rings. The van der Waals surface area contributed by atoms with Gasteiger partial charge in [-0.15, -0.1) is 0 Å². The predicted molar refractivity (Wildman–Crippen MR) is 66.0 cm³/mol. The lowest BCUT2D eigenvalue weighted by atomic mass is 9.97. The van der Waals surface area contributed by atoms with Gasteiger partial charge in [-0.3, -0.25) is 9.59 Å². The number of amides is 2. The van der Waals surface area contributed by atoms with Crippen LogP contribution in [0.15, 0.2) is 0 Å². The van der Waals surface area contributed by atoms with Crippen LogP contribution in [0.1, 0.15) is 12.8 Å². The fourth-order valence-electron chi connectivity index (χ4n) is 1.84. The van der Waals surface area contributed by atoms with E-state index in [0.717, 1.165) is 10.6 Å². The molecule has 1 aliphatic heterocycles. The summed E-state index contributed by atoms with van der Waals surface area (Å²) in [5, 5.41) is 0. The van der Waals surface area contributed by atoms with Gasteiger partial charge in [0.2, 0.25) is 21.8 Å². The number of sulfonamides is 1. The maximum atomic E-state index is 11.9. The van der Waals surface area contributed by atoms with Gasteiger partial charge in [0.25, 0.3) is 0 Å². The van der Waals surface area contributed by atoms with Crippen LogP contribution in [0.5, 0.6) is 0 Å². The first-order chi connectivity index (χ1) is 8.21. The zero-order chi connectivity index (χ0) is 13.9. The van der Waals surface area contributed by atoms with Gasteiger partial charge < -0.3 is 10.6 Å². The Kier molecular flexibility index (Phi) is 4.69. The topological polar surface area (TPSA) is 101 Å². The molecular formula is C10H19N3O4S. The number of primary amides is 1. The van der Waals surface area contributed by atoms with Crippen LogP contribution in [0.2, 0.25) is 0 Å². The standard InChI is InChI=1S/C10H19N3O4S/c1-12(18(2,16)17)7-9(14)13-5-3-4-8(6-13)10(11)15/h8H,3-7H2,1-2H3,(H2,11,15)/t8-/m0/s1. The molecule has 1 saturated heterocycles. The van der Waals surface area contributed by atoms with Gasteiger partial charge in [-0.2, -0.15) is 4.31 Å². The molecule has 8 heteroatoms. The van der Waals surface area contributed by atoms with Gasteiger partial charge in [0.1, 0.15) is 0 Å². The molecular weight excluding hydrogens is 258 g/mol. The quantitative estimate of drug-likeness (QED) is 0.683. The third-order valence-electron chi connectivity index (χ3n) is 3.10. The van der Waals surface area contributed by atoms with E-state index in [9.17, 15) is 18.0 Å². The van der Waals surface area contributed by atoms with Crippen LogP contribution in [-0.4, -0.2) is 62.4 Å². The predicted octanol–water partition coefficient (Wildman–Crippen LogP) is -1.40. The second kappa shape index (κ2) is 5.66. The minimum Gasteiger partial charge on any atom is -0.369 e. The minimum absolute atomic E-state index is 0.204. The Labute approximate surface area is 107 Å². The number of carbonyl (C=O) groups excluding carboxylic acids is 2. The summed E-state index contributed by atoms with van der Waals surface area (Å²) in [4.78, 5) is 24.5. The molecule has 2 amide bonds. The number of nitrogens with zero attached hydrogens (tertiary/aromatic N) is 2. The first-order valence-corrected chi connectivity index (χ1v) is 7.55. The number of piperidine rings is 1. The molecule has 1 heterocycles. The average molecular weight is 277 g/mol. The van der Waals surface area contributed by atoms with Crippen molar-refractivity contribution in [2.75, 3.05) is 32.9 Å². The number of hydrogen-bond acceptors (Lipinski definition) is 4. The van der Waals surface area contributed by atoms with Gasteiger partial charge in [0.15, 0.2) is 0 Å². The van der Waals surface area contributed by atoms with Crippen molar-refractivity contribution in [2.24, 2.45) is 11.7 Å². The SMILES string of the molecule is CN(CC(=O)N1CCC[C@H](C(N)=O)C1)S(C)(=O)=O. The van der Waals surface area contributed by atoms with Crippen LogP contribution in [0.25, 0.3) is 0 Å². The molecule has 1 atom stereocenters. The number of likely N-dealkylation sites (N-methyl/N-ethyl adjacent to an activating group) is 1. The van der Waals surface area contributed by atoms with E-state index >= 15 is 0 Å². The normalized spacial score (nSPS) is 21.1. The van der Waals surface area contributed by atoms with E-state index in [1.54, 1.807) is 0 Å². The summed E-state index contributed by atoms with van der Waals surface area (Å²) in [6, 6.07) is 0. The number of likely N-dealkylation sites (tertiary alicyclic amines) is 1.